The lowest BCUT2D eigenvalue weighted by molar-refractivity contribution is -0.140. The predicted octanol–water partition coefficient (Wildman–Crippen LogP) is 3.20. The Morgan fingerprint density at radius 1 is 1.17 bits per heavy atom. The smallest absolute Gasteiger partial charge is 0.256 e. The molecule has 24 heavy (non-hydrogen) atoms. The number of carbonyl (C=O) groups excluding carboxylic acids is 2. The lowest BCUT2D eigenvalue weighted by Gasteiger charge is -2.28. The number of hydrogen-bond acceptors (Lipinski definition) is 2. The molecule has 0 unspecified atom stereocenters. The van der Waals surface area contributed by atoms with Gasteiger partial charge in [-0.05, 0) is 25.0 Å². The Morgan fingerprint density at radius 2 is 1.88 bits per heavy atom. The number of halogens is 2. The van der Waals surface area contributed by atoms with Crippen LogP contribution < -0.4 is 0 Å². The maximum Gasteiger partial charge on any atom is 0.256 e. The number of hydrogen-bond donors (Lipinski definition) is 0. The number of aryl methyl sites for hydroxylation is 1. The van der Waals surface area contributed by atoms with E-state index in [9.17, 15) is 9.59 Å². The van der Waals surface area contributed by atoms with Crippen LogP contribution in [0, 0.1) is 0 Å². The van der Waals surface area contributed by atoms with E-state index in [1.165, 1.54) is 4.90 Å². The minimum atomic E-state index is -1.14. The molecular formula is C17H27Cl2N3O2. The zero-order valence-corrected chi connectivity index (χ0v) is 16.2. The van der Waals surface area contributed by atoms with Crippen LogP contribution in [-0.2, 0) is 23.2 Å². The Labute approximate surface area is 154 Å². The first kappa shape index (κ1) is 20.8. The molecule has 0 aliphatic heterocycles. The van der Waals surface area contributed by atoms with Crippen LogP contribution in [0.3, 0.4) is 0 Å². The summed E-state index contributed by atoms with van der Waals surface area (Å²) in [6.07, 6.45) is 4.62. The Balaban J connectivity index is 2.81. The van der Waals surface area contributed by atoms with Crippen molar-refractivity contribution < 1.29 is 9.59 Å². The molecule has 0 saturated carbocycles. The second-order valence-corrected chi connectivity index (χ2v) is 6.94. The van der Waals surface area contributed by atoms with E-state index >= 15 is 0 Å². The summed E-state index contributed by atoms with van der Waals surface area (Å²) in [7, 11) is 1.95. The third kappa shape index (κ3) is 6.36. The average Bonchev–Trinajstić information content (AvgIpc) is 2.94. The predicted molar refractivity (Wildman–Crippen MR) is 98.1 cm³/mol. The van der Waals surface area contributed by atoms with Crippen molar-refractivity contribution in [1.82, 2.24) is 14.4 Å². The molecule has 0 saturated heterocycles. The molecule has 1 rings (SSSR count). The SMILES string of the molecule is CCCCN(Cc1cccn1C)C(=O)CN(CCC)C(=O)C(Cl)Cl. The van der Waals surface area contributed by atoms with E-state index in [0.717, 1.165) is 25.0 Å². The molecule has 5 nitrogen and oxygen atoms in total. The van der Waals surface area contributed by atoms with Crippen molar-refractivity contribution in [2.45, 2.75) is 44.5 Å². The summed E-state index contributed by atoms with van der Waals surface area (Å²) in [6, 6.07) is 3.95. The van der Waals surface area contributed by atoms with E-state index in [1.54, 1.807) is 4.90 Å². The summed E-state index contributed by atoms with van der Waals surface area (Å²) in [4.78, 5) is 26.9. The molecule has 0 aliphatic carbocycles. The van der Waals surface area contributed by atoms with E-state index in [0.29, 0.717) is 19.6 Å². The molecule has 0 spiro atoms. The van der Waals surface area contributed by atoms with Gasteiger partial charge in [0.05, 0.1) is 13.1 Å². The first-order valence-electron chi connectivity index (χ1n) is 8.35. The Hall–Kier alpha value is -1.20. The van der Waals surface area contributed by atoms with Crippen LogP contribution in [0.4, 0.5) is 0 Å². The summed E-state index contributed by atoms with van der Waals surface area (Å²) in [6.45, 7) is 5.70. The highest BCUT2D eigenvalue weighted by Crippen LogP contribution is 2.11. The molecule has 0 radical (unpaired) electrons. The van der Waals surface area contributed by atoms with Crippen molar-refractivity contribution in [3.63, 3.8) is 0 Å². The standard InChI is InChI=1S/C17H27Cl2N3O2/c1-4-6-11-21(12-14-8-7-10-20(14)3)15(23)13-22(9-5-2)17(24)16(18)19/h7-8,10,16H,4-6,9,11-13H2,1-3H3. The van der Waals surface area contributed by atoms with Crippen molar-refractivity contribution in [3.05, 3.63) is 24.0 Å². The van der Waals surface area contributed by atoms with Gasteiger partial charge < -0.3 is 14.4 Å². The van der Waals surface area contributed by atoms with Gasteiger partial charge in [0, 0.05) is 32.0 Å². The first-order chi connectivity index (χ1) is 11.4. The van der Waals surface area contributed by atoms with Gasteiger partial charge in [0.25, 0.3) is 5.91 Å². The lowest BCUT2D eigenvalue weighted by Crippen LogP contribution is -2.45. The largest absolute Gasteiger partial charge is 0.353 e. The van der Waals surface area contributed by atoms with Gasteiger partial charge in [-0.2, -0.15) is 0 Å². The van der Waals surface area contributed by atoms with Crippen molar-refractivity contribution >= 4 is 35.0 Å². The average molecular weight is 376 g/mol. The highest BCUT2D eigenvalue weighted by atomic mass is 35.5. The number of aromatic nitrogens is 1. The number of amides is 2. The Bertz CT molecular complexity index is 532. The zero-order valence-electron chi connectivity index (χ0n) is 14.7. The maximum atomic E-state index is 12.7. The molecule has 1 aromatic heterocycles. The third-order valence-corrected chi connectivity index (χ3v) is 4.23. The second kappa shape index (κ2) is 10.6. The number of carbonyl (C=O) groups is 2. The lowest BCUT2D eigenvalue weighted by atomic mass is 10.2. The summed E-state index contributed by atoms with van der Waals surface area (Å²) >= 11 is 11.4. The molecule has 0 N–H and O–H groups in total. The van der Waals surface area contributed by atoms with Crippen LogP contribution in [0.5, 0.6) is 0 Å². The van der Waals surface area contributed by atoms with E-state index < -0.39 is 10.7 Å². The molecule has 0 aliphatic rings. The van der Waals surface area contributed by atoms with Gasteiger partial charge >= 0.3 is 0 Å². The van der Waals surface area contributed by atoms with Gasteiger partial charge in [0.2, 0.25) is 5.91 Å². The van der Waals surface area contributed by atoms with Crippen LogP contribution >= 0.6 is 23.2 Å². The van der Waals surface area contributed by atoms with Crippen LogP contribution in [0.15, 0.2) is 18.3 Å². The minimum absolute atomic E-state index is 0.0107. The fraction of sp³-hybridized carbons (Fsp3) is 0.647. The van der Waals surface area contributed by atoms with E-state index in [4.69, 9.17) is 23.2 Å². The van der Waals surface area contributed by atoms with Gasteiger partial charge in [-0.25, -0.2) is 0 Å². The maximum absolute atomic E-state index is 12.7. The quantitative estimate of drug-likeness (QED) is 0.589. The van der Waals surface area contributed by atoms with Crippen molar-refractivity contribution in [2.75, 3.05) is 19.6 Å². The summed E-state index contributed by atoms with van der Waals surface area (Å²) in [5, 5.41) is 0. The molecule has 0 atom stereocenters. The van der Waals surface area contributed by atoms with Crippen LogP contribution in [-0.4, -0.2) is 50.7 Å². The molecule has 1 aromatic rings. The highest BCUT2D eigenvalue weighted by Gasteiger charge is 2.24. The number of alkyl halides is 2. The molecule has 7 heteroatoms. The topological polar surface area (TPSA) is 45.6 Å². The number of rotatable bonds is 10. The van der Waals surface area contributed by atoms with Crippen LogP contribution in [0.1, 0.15) is 38.8 Å². The van der Waals surface area contributed by atoms with Gasteiger partial charge in [-0.3, -0.25) is 9.59 Å². The highest BCUT2D eigenvalue weighted by molar-refractivity contribution is 6.53. The summed E-state index contributed by atoms with van der Waals surface area (Å²) in [5.41, 5.74) is 1.06. The van der Waals surface area contributed by atoms with E-state index in [-0.39, 0.29) is 12.5 Å². The summed E-state index contributed by atoms with van der Waals surface area (Å²) in [5.74, 6) is -0.497. The van der Waals surface area contributed by atoms with Crippen molar-refractivity contribution in [3.8, 4) is 0 Å². The minimum Gasteiger partial charge on any atom is -0.353 e. The van der Waals surface area contributed by atoms with Gasteiger partial charge in [-0.1, -0.05) is 43.5 Å². The number of nitrogens with zero attached hydrogens (tertiary/aromatic N) is 3. The van der Waals surface area contributed by atoms with E-state index in [1.807, 2.05) is 36.9 Å². The molecule has 1 heterocycles. The van der Waals surface area contributed by atoms with Crippen molar-refractivity contribution in [2.24, 2.45) is 7.05 Å². The number of unbranched alkanes of at least 4 members (excludes halogenated alkanes) is 1. The molecule has 2 amide bonds. The fourth-order valence-electron chi connectivity index (χ4n) is 2.44. The monoisotopic (exact) mass is 375 g/mol. The normalized spacial score (nSPS) is 10.9. The van der Waals surface area contributed by atoms with Crippen LogP contribution in [0.2, 0.25) is 0 Å². The van der Waals surface area contributed by atoms with E-state index in [2.05, 4.69) is 6.92 Å². The van der Waals surface area contributed by atoms with Gasteiger partial charge in [-0.15, -0.1) is 0 Å². The molecule has 0 bridgehead atoms. The molecular weight excluding hydrogens is 349 g/mol. The van der Waals surface area contributed by atoms with Crippen LogP contribution in [0.25, 0.3) is 0 Å². The van der Waals surface area contributed by atoms with Gasteiger partial charge in [0.1, 0.15) is 0 Å². The fourth-order valence-corrected chi connectivity index (χ4v) is 2.71. The second-order valence-electron chi connectivity index (χ2n) is 5.84. The first-order valence-corrected chi connectivity index (χ1v) is 9.22. The molecule has 136 valence electrons. The Kier molecular flexibility index (Phi) is 9.22. The van der Waals surface area contributed by atoms with Gasteiger partial charge in [0.15, 0.2) is 4.84 Å². The molecule has 0 aromatic carbocycles. The summed E-state index contributed by atoms with van der Waals surface area (Å²) < 4.78 is 1.99. The zero-order chi connectivity index (χ0) is 18.1. The third-order valence-electron chi connectivity index (χ3n) is 3.86. The Morgan fingerprint density at radius 3 is 2.38 bits per heavy atom. The van der Waals surface area contributed by atoms with Crippen molar-refractivity contribution in [1.29, 1.82) is 0 Å². The molecule has 0 fully saturated rings.